The maximum absolute atomic E-state index is 12.5. The molecule has 0 spiro atoms. The molecule has 2 N–H and O–H groups in total. The topological polar surface area (TPSA) is 112 Å². The van der Waals surface area contributed by atoms with Crippen molar-refractivity contribution in [3.8, 4) is 11.5 Å². The van der Waals surface area contributed by atoms with Gasteiger partial charge in [-0.25, -0.2) is 0 Å². The molecule has 2 heterocycles. The lowest BCUT2D eigenvalue weighted by atomic mass is 10.1. The molecule has 154 valence electrons. The van der Waals surface area contributed by atoms with E-state index in [1.807, 2.05) is 18.2 Å². The Labute approximate surface area is 176 Å². The molecule has 1 aliphatic heterocycles. The van der Waals surface area contributed by atoms with Crippen LogP contribution in [0.3, 0.4) is 0 Å². The van der Waals surface area contributed by atoms with Crippen LogP contribution in [0.2, 0.25) is 0 Å². The van der Waals surface area contributed by atoms with Crippen molar-refractivity contribution in [2.75, 3.05) is 19.2 Å². The zero-order chi connectivity index (χ0) is 20.9. The largest absolute Gasteiger partial charge is 0.454 e. The lowest BCUT2D eigenvalue weighted by Crippen LogP contribution is -2.23. The van der Waals surface area contributed by atoms with E-state index >= 15 is 0 Å². The molecule has 10 heteroatoms. The number of aromatic nitrogens is 2. The van der Waals surface area contributed by atoms with Crippen LogP contribution in [-0.4, -0.2) is 35.9 Å². The Hall–Kier alpha value is -3.50. The summed E-state index contributed by atoms with van der Waals surface area (Å²) in [5, 5.41) is 14.2. The van der Waals surface area contributed by atoms with E-state index in [0.29, 0.717) is 40.9 Å². The van der Waals surface area contributed by atoms with Crippen molar-refractivity contribution >= 4 is 28.8 Å². The monoisotopic (exact) mass is 426 g/mol. The first-order valence-electron chi connectivity index (χ1n) is 9.02. The average Bonchev–Trinajstić information content (AvgIpc) is 3.41. The first-order chi connectivity index (χ1) is 14.6. The number of hydrogen-bond donors (Lipinski definition) is 2. The molecule has 9 nitrogen and oxygen atoms in total. The Balaban J connectivity index is 1.37. The molecule has 2 amide bonds. The minimum Gasteiger partial charge on any atom is -0.454 e. The number of anilines is 1. The van der Waals surface area contributed by atoms with Gasteiger partial charge in [-0.1, -0.05) is 23.5 Å². The summed E-state index contributed by atoms with van der Waals surface area (Å²) in [5.41, 5.74) is 1.80. The summed E-state index contributed by atoms with van der Waals surface area (Å²) in [6.45, 7) is 0.831. The second-order valence-electron chi connectivity index (χ2n) is 6.34. The van der Waals surface area contributed by atoms with Crippen LogP contribution in [0.4, 0.5) is 5.69 Å². The fraction of sp³-hybridized carbons (Fsp3) is 0.200. The molecule has 3 aromatic rings. The van der Waals surface area contributed by atoms with Crippen molar-refractivity contribution in [1.82, 2.24) is 15.5 Å². The first-order valence-corrected chi connectivity index (χ1v) is 9.83. The third kappa shape index (κ3) is 4.56. The molecular formula is C20H18N4O5S. The molecule has 0 saturated heterocycles. The SMILES string of the molecule is COCc1nnc(C(=O)Nc2cccc(C(=O)NCc3ccc4c(c3)OCO4)c2)s1. The fourth-order valence-electron chi connectivity index (χ4n) is 2.79. The Morgan fingerprint density at radius 3 is 2.83 bits per heavy atom. The van der Waals surface area contributed by atoms with Crippen molar-refractivity contribution < 1.29 is 23.8 Å². The van der Waals surface area contributed by atoms with Crippen LogP contribution in [0.1, 0.15) is 30.7 Å². The number of nitrogens with zero attached hydrogens (tertiary/aromatic N) is 2. The van der Waals surface area contributed by atoms with Gasteiger partial charge in [0.1, 0.15) is 5.01 Å². The lowest BCUT2D eigenvalue weighted by molar-refractivity contribution is 0.0949. The van der Waals surface area contributed by atoms with E-state index in [4.69, 9.17) is 14.2 Å². The predicted octanol–water partition coefficient (Wildman–Crippen LogP) is 2.60. The third-order valence-electron chi connectivity index (χ3n) is 4.20. The fourth-order valence-corrected chi connectivity index (χ4v) is 3.49. The van der Waals surface area contributed by atoms with Gasteiger partial charge in [0.05, 0.1) is 6.61 Å². The van der Waals surface area contributed by atoms with E-state index < -0.39 is 5.91 Å². The number of rotatable bonds is 7. The summed E-state index contributed by atoms with van der Waals surface area (Å²) in [7, 11) is 1.55. The highest BCUT2D eigenvalue weighted by Gasteiger charge is 2.15. The standard InChI is InChI=1S/C20H18N4O5S/c1-27-10-17-23-24-20(30-17)19(26)22-14-4-2-3-13(8-14)18(25)21-9-12-5-6-15-16(7-12)29-11-28-15/h2-8H,9-11H2,1H3,(H,21,25)(H,22,26). The van der Waals surface area contributed by atoms with E-state index in [1.54, 1.807) is 31.4 Å². The van der Waals surface area contributed by atoms with Crippen LogP contribution in [0.15, 0.2) is 42.5 Å². The van der Waals surface area contributed by atoms with Crippen molar-refractivity contribution in [2.45, 2.75) is 13.2 Å². The normalized spacial score (nSPS) is 11.9. The van der Waals surface area contributed by atoms with Gasteiger partial charge in [-0.15, -0.1) is 10.2 Å². The Morgan fingerprint density at radius 1 is 1.10 bits per heavy atom. The van der Waals surface area contributed by atoms with E-state index in [0.717, 1.165) is 16.9 Å². The van der Waals surface area contributed by atoms with Gasteiger partial charge in [0.2, 0.25) is 11.8 Å². The van der Waals surface area contributed by atoms with Gasteiger partial charge in [0.15, 0.2) is 11.5 Å². The van der Waals surface area contributed by atoms with E-state index in [9.17, 15) is 9.59 Å². The van der Waals surface area contributed by atoms with Crippen LogP contribution in [0.25, 0.3) is 0 Å². The van der Waals surface area contributed by atoms with Gasteiger partial charge in [-0.3, -0.25) is 9.59 Å². The highest BCUT2D eigenvalue weighted by atomic mass is 32.1. The molecule has 0 saturated carbocycles. The van der Waals surface area contributed by atoms with Crippen LogP contribution >= 0.6 is 11.3 Å². The van der Waals surface area contributed by atoms with Gasteiger partial charge in [0.25, 0.3) is 11.8 Å². The molecule has 1 aromatic heterocycles. The van der Waals surface area contributed by atoms with Gasteiger partial charge in [-0.2, -0.15) is 0 Å². The molecule has 30 heavy (non-hydrogen) atoms. The minimum atomic E-state index is -0.396. The maximum Gasteiger partial charge on any atom is 0.286 e. The predicted molar refractivity (Wildman–Crippen MR) is 109 cm³/mol. The molecule has 1 aliphatic rings. The van der Waals surface area contributed by atoms with Crippen molar-refractivity contribution in [3.63, 3.8) is 0 Å². The zero-order valence-corrected chi connectivity index (χ0v) is 16.8. The molecular weight excluding hydrogens is 408 g/mol. The number of benzene rings is 2. The summed E-state index contributed by atoms with van der Waals surface area (Å²) >= 11 is 1.15. The van der Waals surface area contributed by atoms with E-state index in [2.05, 4.69) is 20.8 Å². The summed E-state index contributed by atoms with van der Waals surface area (Å²) in [6, 6.07) is 12.2. The van der Waals surface area contributed by atoms with Crippen molar-refractivity contribution in [1.29, 1.82) is 0 Å². The van der Waals surface area contributed by atoms with Crippen LogP contribution in [0, 0.1) is 0 Å². The second-order valence-corrected chi connectivity index (χ2v) is 7.40. The number of methoxy groups -OCH3 is 1. The molecule has 0 radical (unpaired) electrons. The molecule has 0 bridgehead atoms. The number of nitrogens with one attached hydrogen (secondary N) is 2. The van der Waals surface area contributed by atoms with Gasteiger partial charge in [0, 0.05) is 24.9 Å². The van der Waals surface area contributed by atoms with Crippen molar-refractivity contribution in [3.05, 3.63) is 63.6 Å². The van der Waals surface area contributed by atoms with Crippen LogP contribution in [-0.2, 0) is 17.9 Å². The number of ether oxygens (including phenoxy) is 3. The minimum absolute atomic E-state index is 0.203. The summed E-state index contributed by atoms with van der Waals surface area (Å²) in [5.74, 6) is 0.699. The molecule has 0 aliphatic carbocycles. The summed E-state index contributed by atoms with van der Waals surface area (Å²) < 4.78 is 15.6. The smallest absolute Gasteiger partial charge is 0.286 e. The summed E-state index contributed by atoms with van der Waals surface area (Å²) in [6.07, 6.45) is 0. The molecule has 0 unspecified atom stereocenters. The van der Waals surface area contributed by atoms with E-state index in [1.165, 1.54) is 0 Å². The maximum atomic E-state index is 12.5. The highest BCUT2D eigenvalue weighted by Crippen LogP contribution is 2.32. The average molecular weight is 426 g/mol. The van der Waals surface area contributed by atoms with Gasteiger partial charge in [-0.05, 0) is 35.9 Å². The molecule has 4 rings (SSSR count). The Kier molecular flexibility index (Phi) is 5.87. The van der Waals surface area contributed by atoms with Gasteiger partial charge < -0.3 is 24.8 Å². The van der Waals surface area contributed by atoms with Crippen LogP contribution < -0.4 is 20.1 Å². The number of carbonyl (C=O) groups excluding carboxylic acids is 2. The first kappa shape index (κ1) is 19.8. The lowest BCUT2D eigenvalue weighted by Gasteiger charge is -2.08. The Morgan fingerprint density at radius 2 is 1.97 bits per heavy atom. The highest BCUT2D eigenvalue weighted by molar-refractivity contribution is 7.13. The number of hydrogen-bond acceptors (Lipinski definition) is 8. The molecule has 0 fully saturated rings. The molecule has 0 atom stereocenters. The molecule has 2 aromatic carbocycles. The van der Waals surface area contributed by atoms with Crippen LogP contribution in [0.5, 0.6) is 11.5 Å². The number of amides is 2. The second kappa shape index (κ2) is 8.89. The Bertz CT molecular complexity index is 1080. The van der Waals surface area contributed by atoms with E-state index in [-0.39, 0.29) is 17.7 Å². The zero-order valence-electron chi connectivity index (χ0n) is 16.0. The third-order valence-corrected chi connectivity index (χ3v) is 5.10. The summed E-state index contributed by atoms with van der Waals surface area (Å²) in [4.78, 5) is 24.9. The number of fused-ring (bicyclic) bond motifs is 1. The number of carbonyl (C=O) groups is 2. The van der Waals surface area contributed by atoms with Crippen molar-refractivity contribution in [2.24, 2.45) is 0 Å². The van der Waals surface area contributed by atoms with Gasteiger partial charge >= 0.3 is 0 Å². The quantitative estimate of drug-likeness (QED) is 0.597.